The van der Waals surface area contributed by atoms with Gasteiger partial charge in [0.1, 0.15) is 0 Å². The molecule has 8 heteroatoms. The van der Waals surface area contributed by atoms with E-state index >= 15 is 0 Å². The molecule has 1 aliphatic heterocycles. The van der Waals surface area contributed by atoms with E-state index in [1.54, 1.807) is 0 Å². The van der Waals surface area contributed by atoms with Crippen LogP contribution in [0.15, 0.2) is 53.4 Å². The molecule has 2 aromatic carbocycles. The van der Waals surface area contributed by atoms with Crippen molar-refractivity contribution in [2.24, 2.45) is 0 Å². The molecule has 0 bridgehead atoms. The highest BCUT2D eigenvalue weighted by Gasteiger charge is 2.37. The second-order valence-corrected chi connectivity index (χ2v) is 8.30. The van der Waals surface area contributed by atoms with Gasteiger partial charge in [0, 0.05) is 6.54 Å². The van der Waals surface area contributed by atoms with E-state index in [4.69, 9.17) is 0 Å². The summed E-state index contributed by atoms with van der Waals surface area (Å²) in [4.78, 5) is 23.8. The zero-order valence-corrected chi connectivity index (χ0v) is 16.4. The monoisotopic (exact) mass is 403 g/mol. The maximum Gasteiger partial charge on any atom is 0.337 e. The van der Waals surface area contributed by atoms with E-state index < -0.39 is 22.0 Å². The topological polar surface area (TPSA) is 90.0 Å². The second kappa shape index (κ2) is 8.12. The van der Waals surface area contributed by atoms with Crippen molar-refractivity contribution in [1.82, 2.24) is 4.31 Å². The number of nitrogens with zero attached hydrogens (tertiary/aromatic N) is 1. The van der Waals surface area contributed by atoms with Gasteiger partial charge in [-0.3, -0.25) is 0 Å². The van der Waals surface area contributed by atoms with Crippen LogP contribution in [0.4, 0.5) is 0 Å². The summed E-state index contributed by atoms with van der Waals surface area (Å²) in [7, 11) is -1.57. The number of hydrogen-bond donors (Lipinski definition) is 0. The average molecular weight is 403 g/mol. The minimum Gasteiger partial charge on any atom is -0.465 e. The summed E-state index contributed by atoms with van der Waals surface area (Å²) >= 11 is 0. The number of carbonyl (C=O) groups excluding carboxylic acids is 2. The zero-order chi connectivity index (χ0) is 20.3. The quantitative estimate of drug-likeness (QED) is 0.713. The van der Waals surface area contributed by atoms with Crippen LogP contribution >= 0.6 is 0 Å². The number of benzene rings is 2. The van der Waals surface area contributed by atoms with Gasteiger partial charge in [0.2, 0.25) is 10.0 Å². The molecule has 1 atom stereocenters. The molecule has 2 aromatic rings. The number of hydrogen-bond acceptors (Lipinski definition) is 6. The lowest BCUT2D eigenvalue weighted by molar-refractivity contribution is 0.0598. The van der Waals surface area contributed by atoms with E-state index in [-0.39, 0.29) is 22.1 Å². The molecule has 1 heterocycles. The third-order valence-corrected chi connectivity index (χ3v) is 6.63. The Morgan fingerprint density at radius 2 is 1.54 bits per heavy atom. The number of esters is 2. The SMILES string of the molecule is COC(=O)c1cc(C(=O)OC)cc(S(=O)(=O)N2CCCC2c2ccccc2)c1. The Kier molecular flexibility index (Phi) is 5.81. The fourth-order valence-corrected chi connectivity index (χ4v) is 5.15. The molecule has 1 saturated heterocycles. The van der Waals surface area contributed by atoms with Gasteiger partial charge in [0.15, 0.2) is 0 Å². The van der Waals surface area contributed by atoms with Crippen LogP contribution in [-0.2, 0) is 19.5 Å². The number of sulfonamides is 1. The van der Waals surface area contributed by atoms with Gasteiger partial charge in [-0.25, -0.2) is 18.0 Å². The Morgan fingerprint density at radius 3 is 2.07 bits per heavy atom. The molecule has 7 nitrogen and oxygen atoms in total. The molecule has 0 spiro atoms. The second-order valence-electron chi connectivity index (χ2n) is 6.41. The molecule has 1 aliphatic rings. The Morgan fingerprint density at radius 1 is 0.964 bits per heavy atom. The Hall–Kier alpha value is -2.71. The van der Waals surface area contributed by atoms with Crippen molar-refractivity contribution >= 4 is 22.0 Å². The molecule has 3 rings (SSSR count). The molecule has 0 N–H and O–H groups in total. The first kappa shape index (κ1) is 20.0. The van der Waals surface area contributed by atoms with Gasteiger partial charge in [0.05, 0.1) is 36.3 Å². The predicted molar refractivity (Wildman–Crippen MR) is 101 cm³/mol. The van der Waals surface area contributed by atoms with Gasteiger partial charge in [-0.15, -0.1) is 0 Å². The molecule has 0 aliphatic carbocycles. The minimum absolute atomic E-state index is 0.0283. The summed E-state index contributed by atoms with van der Waals surface area (Å²) in [5, 5.41) is 0. The van der Waals surface area contributed by atoms with Crippen molar-refractivity contribution in [2.45, 2.75) is 23.8 Å². The van der Waals surface area contributed by atoms with E-state index in [0.29, 0.717) is 13.0 Å². The van der Waals surface area contributed by atoms with Crippen LogP contribution in [0.5, 0.6) is 0 Å². The van der Waals surface area contributed by atoms with Crippen molar-refractivity contribution in [3.05, 3.63) is 65.2 Å². The van der Waals surface area contributed by atoms with Crippen molar-refractivity contribution in [3.63, 3.8) is 0 Å². The van der Waals surface area contributed by atoms with Gasteiger partial charge >= 0.3 is 11.9 Å². The predicted octanol–water partition coefficient (Wildman–Crippen LogP) is 2.79. The Bertz CT molecular complexity index is 953. The van der Waals surface area contributed by atoms with E-state index in [1.807, 2.05) is 30.3 Å². The average Bonchev–Trinajstić information content (AvgIpc) is 3.23. The first-order chi connectivity index (χ1) is 13.4. The van der Waals surface area contributed by atoms with Crippen LogP contribution in [0.25, 0.3) is 0 Å². The molecule has 148 valence electrons. The van der Waals surface area contributed by atoms with Crippen molar-refractivity contribution in [1.29, 1.82) is 0 Å². The first-order valence-corrected chi connectivity index (χ1v) is 10.2. The molecular weight excluding hydrogens is 382 g/mol. The van der Waals surface area contributed by atoms with Crippen LogP contribution in [-0.4, -0.2) is 45.4 Å². The van der Waals surface area contributed by atoms with Crippen molar-refractivity contribution in [2.75, 3.05) is 20.8 Å². The summed E-state index contributed by atoms with van der Waals surface area (Å²) < 4.78 is 37.5. The van der Waals surface area contributed by atoms with E-state index in [1.165, 1.54) is 36.7 Å². The van der Waals surface area contributed by atoms with Crippen LogP contribution in [0.2, 0.25) is 0 Å². The lowest BCUT2D eigenvalue weighted by Crippen LogP contribution is -2.31. The maximum absolute atomic E-state index is 13.4. The van der Waals surface area contributed by atoms with Gasteiger partial charge < -0.3 is 9.47 Å². The lowest BCUT2D eigenvalue weighted by Gasteiger charge is -2.25. The molecule has 1 fully saturated rings. The molecule has 0 aromatic heterocycles. The van der Waals surface area contributed by atoms with Gasteiger partial charge in [-0.05, 0) is 36.6 Å². The third kappa shape index (κ3) is 3.79. The molecule has 0 radical (unpaired) electrons. The molecular formula is C20H21NO6S. The van der Waals surface area contributed by atoms with E-state index in [2.05, 4.69) is 9.47 Å². The fraction of sp³-hybridized carbons (Fsp3) is 0.300. The minimum atomic E-state index is -3.95. The summed E-state index contributed by atoms with van der Waals surface area (Å²) in [5.74, 6) is -1.47. The largest absolute Gasteiger partial charge is 0.465 e. The van der Waals surface area contributed by atoms with Crippen molar-refractivity contribution in [3.8, 4) is 0 Å². The summed E-state index contributed by atoms with van der Waals surface area (Å²) in [6, 6.07) is 12.8. The standard InChI is InChI=1S/C20H21NO6S/c1-26-19(22)15-11-16(20(23)27-2)13-17(12-15)28(24,25)21-10-6-9-18(21)14-7-4-3-5-8-14/h3-5,7-8,11-13,18H,6,9-10H2,1-2H3. The fourth-order valence-electron chi connectivity index (χ4n) is 3.39. The van der Waals surface area contributed by atoms with Gasteiger partial charge in [0.25, 0.3) is 0 Å². The summed E-state index contributed by atoms with van der Waals surface area (Å²) in [6.45, 7) is 0.359. The first-order valence-electron chi connectivity index (χ1n) is 8.77. The van der Waals surface area contributed by atoms with E-state index in [0.717, 1.165) is 12.0 Å². The molecule has 28 heavy (non-hydrogen) atoms. The maximum atomic E-state index is 13.4. The van der Waals surface area contributed by atoms with Crippen LogP contribution < -0.4 is 0 Å². The third-order valence-electron chi connectivity index (χ3n) is 4.74. The summed E-state index contributed by atoms with van der Waals surface area (Å²) in [5.41, 5.74) is 0.847. The number of methoxy groups -OCH3 is 2. The highest BCUT2D eigenvalue weighted by molar-refractivity contribution is 7.89. The Labute approximate surface area is 163 Å². The number of carbonyl (C=O) groups is 2. The Balaban J connectivity index is 2.07. The van der Waals surface area contributed by atoms with Gasteiger partial charge in [-0.1, -0.05) is 30.3 Å². The van der Waals surface area contributed by atoms with Gasteiger partial charge in [-0.2, -0.15) is 4.31 Å². The number of ether oxygens (including phenoxy) is 2. The molecule has 1 unspecified atom stereocenters. The van der Waals surface area contributed by atoms with Crippen molar-refractivity contribution < 1.29 is 27.5 Å². The highest BCUT2D eigenvalue weighted by atomic mass is 32.2. The summed E-state index contributed by atoms with van der Waals surface area (Å²) in [6.07, 6.45) is 1.42. The highest BCUT2D eigenvalue weighted by Crippen LogP contribution is 2.36. The molecule has 0 amide bonds. The van der Waals surface area contributed by atoms with Crippen LogP contribution in [0.1, 0.15) is 45.2 Å². The lowest BCUT2D eigenvalue weighted by atomic mass is 10.1. The molecule has 0 saturated carbocycles. The number of rotatable bonds is 5. The normalized spacial score (nSPS) is 17.3. The van der Waals surface area contributed by atoms with Crippen LogP contribution in [0.3, 0.4) is 0 Å². The smallest absolute Gasteiger partial charge is 0.337 e. The zero-order valence-electron chi connectivity index (χ0n) is 15.6. The van der Waals surface area contributed by atoms with Crippen LogP contribution in [0, 0.1) is 0 Å². The van der Waals surface area contributed by atoms with E-state index in [9.17, 15) is 18.0 Å².